The lowest BCUT2D eigenvalue weighted by molar-refractivity contribution is -0.118. The van der Waals surface area contributed by atoms with E-state index in [0.717, 1.165) is 22.6 Å². The molecule has 0 unspecified atom stereocenters. The molecule has 0 spiro atoms. The minimum Gasteiger partial charge on any atom is -0.355 e. The second-order valence-corrected chi connectivity index (χ2v) is 7.79. The number of nitrogens with one attached hydrogen (secondary N) is 1. The fourth-order valence-electron chi connectivity index (χ4n) is 3.06. The third-order valence-corrected chi connectivity index (χ3v) is 5.44. The van der Waals surface area contributed by atoms with Gasteiger partial charge in [0.15, 0.2) is 5.82 Å². The maximum Gasteiger partial charge on any atom is 0.230 e. The van der Waals surface area contributed by atoms with Crippen molar-refractivity contribution in [1.29, 1.82) is 0 Å². The van der Waals surface area contributed by atoms with E-state index in [4.69, 9.17) is 0 Å². The lowest BCUT2D eigenvalue weighted by Crippen LogP contribution is -2.27. The van der Waals surface area contributed by atoms with E-state index < -0.39 is 0 Å². The molecule has 0 saturated heterocycles. The predicted octanol–water partition coefficient (Wildman–Crippen LogP) is 4.52. The lowest BCUT2D eigenvalue weighted by atomic mass is 10.1. The van der Waals surface area contributed by atoms with Gasteiger partial charge in [0.05, 0.1) is 11.4 Å². The fourth-order valence-corrected chi connectivity index (χ4v) is 3.71. The standard InChI is InChI=1S/C24H21FN4OS/c25-20-13-11-18(12-14-20)15-16-26-22(30)17-31-24-27-23(19-7-3-1-4-8-19)29(28-24)21-9-5-2-6-10-21/h1-14H,15-17H2,(H,26,30). The van der Waals surface area contributed by atoms with Crippen LogP contribution in [0, 0.1) is 5.82 Å². The molecule has 0 aliphatic heterocycles. The number of thioether (sulfide) groups is 1. The highest BCUT2D eigenvalue weighted by atomic mass is 32.2. The van der Waals surface area contributed by atoms with Gasteiger partial charge in [-0.15, -0.1) is 5.10 Å². The molecule has 7 heteroatoms. The van der Waals surface area contributed by atoms with Gasteiger partial charge in [-0.25, -0.2) is 14.1 Å². The van der Waals surface area contributed by atoms with Gasteiger partial charge in [-0.2, -0.15) is 0 Å². The van der Waals surface area contributed by atoms with Crippen molar-refractivity contribution in [3.8, 4) is 17.1 Å². The molecule has 0 saturated carbocycles. The normalized spacial score (nSPS) is 10.7. The number of para-hydroxylation sites is 1. The topological polar surface area (TPSA) is 59.8 Å². The van der Waals surface area contributed by atoms with Crippen LogP contribution in [0.25, 0.3) is 17.1 Å². The summed E-state index contributed by atoms with van der Waals surface area (Å²) >= 11 is 1.30. The Morgan fingerprint density at radius 2 is 1.61 bits per heavy atom. The second-order valence-electron chi connectivity index (χ2n) is 6.85. The smallest absolute Gasteiger partial charge is 0.230 e. The van der Waals surface area contributed by atoms with Gasteiger partial charge in [0.25, 0.3) is 0 Å². The van der Waals surface area contributed by atoms with Crippen LogP contribution in [0.3, 0.4) is 0 Å². The van der Waals surface area contributed by atoms with E-state index in [1.165, 1.54) is 23.9 Å². The van der Waals surface area contributed by atoms with Gasteiger partial charge < -0.3 is 5.32 Å². The van der Waals surface area contributed by atoms with Gasteiger partial charge in [-0.1, -0.05) is 72.4 Å². The number of halogens is 1. The molecule has 1 aromatic heterocycles. The molecule has 0 aliphatic carbocycles. The zero-order chi connectivity index (χ0) is 21.5. The first-order valence-electron chi connectivity index (χ1n) is 9.91. The van der Waals surface area contributed by atoms with Crippen molar-refractivity contribution >= 4 is 17.7 Å². The zero-order valence-electron chi connectivity index (χ0n) is 16.7. The van der Waals surface area contributed by atoms with Crippen LogP contribution in [0.5, 0.6) is 0 Å². The Kier molecular flexibility index (Phi) is 6.74. The van der Waals surface area contributed by atoms with Crippen LogP contribution in [0.2, 0.25) is 0 Å². The van der Waals surface area contributed by atoms with Crippen molar-refractivity contribution in [1.82, 2.24) is 20.1 Å². The minimum atomic E-state index is -0.263. The van der Waals surface area contributed by atoms with E-state index in [1.807, 2.05) is 60.7 Å². The molecule has 4 aromatic rings. The molecule has 0 aliphatic rings. The van der Waals surface area contributed by atoms with E-state index in [2.05, 4.69) is 15.4 Å². The highest BCUT2D eigenvalue weighted by Gasteiger charge is 2.15. The lowest BCUT2D eigenvalue weighted by Gasteiger charge is -2.05. The highest BCUT2D eigenvalue weighted by Crippen LogP contribution is 2.24. The first kappa shape index (κ1) is 20.8. The SMILES string of the molecule is O=C(CSc1nc(-c2ccccc2)n(-c2ccccc2)n1)NCCc1ccc(F)cc1. The summed E-state index contributed by atoms with van der Waals surface area (Å²) in [6.45, 7) is 0.492. The minimum absolute atomic E-state index is 0.0931. The molecule has 4 rings (SSSR count). The molecule has 5 nitrogen and oxygen atoms in total. The van der Waals surface area contributed by atoms with Crippen molar-refractivity contribution < 1.29 is 9.18 Å². The molecule has 0 bridgehead atoms. The van der Waals surface area contributed by atoms with Gasteiger partial charge >= 0.3 is 0 Å². The number of amides is 1. The Balaban J connectivity index is 1.39. The van der Waals surface area contributed by atoms with Crippen molar-refractivity contribution in [3.63, 3.8) is 0 Å². The molecule has 1 N–H and O–H groups in total. The van der Waals surface area contributed by atoms with Crippen molar-refractivity contribution in [3.05, 3.63) is 96.3 Å². The van der Waals surface area contributed by atoms with Gasteiger partial charge in [0.1, 0.15) is 5.82 Å². The van der Waals surface area contributed by atoms with E-state index >= 15 is 0 Å². The molecule has 0 fully saturated rings. The first-order chi connectivity index (χ1) is 15.2. The van der Waals surface area contributed by atoms with Crippen LogP contribution in [0.15, 0.2) is 90.1 Å². The number of hydrogen-bond donors (Lipinski definition) is 1. The van der Waals surface area contributed by atoms with Gasteiger partial charge in [-0.3, -0.25) is 4.79 Å². The van der Waals surface area contributed by atoms with E-state index in [0.29, 0.717) is 18.1 Å². The summed E-state index contributed by atoms with van der Waals surface area (Å²) in [7, 11) is 0. The predicted molar refractivity (Wildman–Crippen MR) is 121 cm³/mol. The highest BCUT2D eigenvalue weighted by molar-refractivity contribution is 7.99. The molecule has 31 heavy (non-hydrogen) atoms. The Morgan fingerprint density at radius 3 is 2.32 bits per heavy atom. The van der Waals surface area contributed by atoms with Crippen LogP contribution in [0.4, 0.5) is 4.39 Å². The summed E-state index contributed by atoms with van der Waals surface area (Å²) in [6.07, 6.45) is 0.649. The monoisotopic (exact) mass is 432 g/mol. The van der Waals surface area contributed by atoms with E-state index in [9.17, 15) is 9.18 Å². The van der Waals surface area contributed by atoms with Crippen LogP contribution in [0.1, 0.15) is 5.56 Å². The van der Waals surface area contributed by atoms with Crippen LogP contribution >= 0.6 is 11.8 Å². The molecular weight excluding hydrogens is 411 g/mol. The molecule has 1 heterocycles. The van der Waals surface area contributed by atoms with Crippen molar-refractivity contribution in [2.24, 2.45) is 0 Å². The number of carbonyl (C=O) groups excluding carboxylic acids is 1. The molecule has 0 radical (unpaired) electrons. The third-order valence-electron chi connectivity index (χ3n) is 4.60. The molecule has 156 valence electrons. The summed E-state index contributed by atoms with van der Waals surface area (Å²) < 4.78 is 14.8. The van der Waals surface area contributed by atoms with E-state index in [1.54, 1.807) is 16.8 Å². The van der Waals surface area contributed by atoms with Gasteiger partial charge in [-0.05, 0) is 36.2 Å². The quantitative estimate of drug-likeness (QED) is 0.416. The van der Waals surface area contributed by atoms with Crippen molar-refractivity contribution in [2.75, 3.05) is 12.3 Å². The maximum atomic E-state index is 13.0. The number of benzene rings is 3. The number of aromatic nitrogens is 3. The average Bonchev–Trinajstić information content (AvgIpc) is 3.25. The molecule has 0 atom stereocenters. The number of nitrogens with zero attached hydrogens (tertiary/aromatic N) is 3. The van der Waals surface area contributed by atoms with Crippen LogP contribution in [-0.4, -0.2) is 33.0 Å². The summed E-state index contributed by atoms with van der Waals surface area (Å²) in [5, 5.41) is 8.04. The second kappa shape index (κ2) is 10.0. The zero-order valence-corrected chi connectivity index (χ0v) is 17.6. The molecule has 1 amide bonds. The Morgan fingerprint density at radius 1 is 0.935 bits per heavy atom. The number of rotatable bonds is 8. The molecular formula is C24H21FN4OS. The number of hydrogen-bond acceptors (Lipinski definition) is 4. The molecule has 3 aromatic carbocycles. The summed E-state index contributed by atoms with van der Waals surface area (Å²) in [5.74, 6) is 0.591. The Labute approximate surface area is 184 Å². The fraction of sp³-hybridized carbons (Fsp3) is 0.125. The average molecular weight is 433 g/mol. The maximum absolute atomic E-state index is 13.0. The summed E-state index contributed by atoms with van der Waals surface area (Å²) in [6, 6.07) is 25.9. The summed E-state index contributed by atoms with van der Waals surface area (Å²) in [5.41, 5.74) is 2.84. The third kappa shape index (κ3) is 5.58. The first-order valence-corrected chi connectivity index (χ1v) is 10.9. The Bertz CT molecular complexity index is 1070. The Hall–Kier alpha value is -3.45. The largest absolute Gasteiger partial charge is 0.355 e. The number of carbonyl (C=O) groups is 1. The summed E-state index contributed by atoms with van der Waals surface area (Å²) in [4.78, 5) is 16.9. The van der Waals surface area contributed by atoms with Gasteiger partial charge in [0.2, 0.25) is 11.1 Å². The van der Waals surface area contributed by atoms with E-state index in [-0.39, 0.29) is 17.5 Å². The van der Waals surface area contributed by atoms with Crippen molar-refractivity contribution in [2.45, 2.75) is 11.6 Å². The van der Waals surface area contributed by atoms with Crippen LogP contribution < -0.4 is 5.32 Å². The van der Waals surface area contributed by atoms with Crippen LogP contribution in [-0.2, 0) is 11.2 Å². The van der Waals surface area contributed by atoms with Gasteiger partial charge in [0, 0.05) is 12.1 Å².